The summed E-state index contributed by atoms with van der Waals surface area (Å²) < 4.78 is 23.9. The van der Waals surface area contributed by atoms with E-state index in [-0.39, 0.29) is 17.8 Å². The van der Waals surface area contributed by atoms with Crippen molar-refractivity contribution in [1.82, 2.24) is 10.2 Å². The molecule has 1 N–H and O–H groups in total. The Kier molecular flexibility index (Phi) is 6.61. The van der Waals surface area contributed by atoms with Gasteiger partial charge < -0.3 is 19.7 Å². The van der Waals surface area contributed by atoms with Gasteiger partial charge in [-0.15, -0.1) is 0 Å². The van der Waals surface area contributed by atoms with Crippen molar-refractivity contribution in [1.29, 1.82) is 0 Å². The van der Waals surface area contributed by atoms with E-state index in [1.54, 1.807) is 12.1 Å². The average Bonchev–Trinajstić information content (AvgIpc) is 2.50. The number of likely N-dealkylation sites (N-methyl/N-ethyl adjacent to an activating group) is 1. The third-order valence-corrected chi connectivity index (χ3v) is 3.48. The summed E-state index contributed by atoms with van der Waals surface area (Å²) in [4.78, 5) is 13.9. The Morgan fingerprint density at radius 1 is 1.55 bits per heavy atom. The van der Waals surface area contributed by atoms with Crippen LogP contribution in [0.3, 0.4) is 0 Å². The van der Waals surface area contributed by atoms with Crippen LogP contribution >= 0.6 is 0 Å². The number of nitrogens with zero attached hydrogens (tertiary/aromatic N) is 1. The number of halogens is 1. The van der Waals surface area contributed by atoms with E-state index < -0.39 is 0 Å². The third-order valence-electron chi connectivity index (χ3n) is 3.48. The standard InChI is InChI=1S/C16H23FN2O3/c1-19-7-9-22-15(12-19)11-18-16(20)6-3-8-21-14-5-2-4-13(17)10-14/h2,4-5,10,15H,3,6-9,11-12H2,1H3,(H,18,20)/t15-/m1/s1. The van der Waals surface area contributed by atoms with Gasteiger partial charge in [-0.25, -0.2) is 4.39 Å². The number of morpholine rings is 1. The lowest BCUT2D eigenvalue weighted by Crippen LogP contribution is -2.45. The Hall–Kier alpha value is -1.66. The van der Waals surface area contributed by atoms with Crippen LogP contribution in [0.15, 0.2) is 24.3 Å². The van der Waals surface area contributed by atoms with Crippen molar-refractivity contribution in [3.8, 4) is 5.75 Å². The molecule has 0 saturated carbocycles. The van der Waals surface area contributed by atoms with Crippen molar-refractivity contribution < 1.29 is 18.7 Å². The Balaban J connectivity index is 1.56. The first-order valence-electron chi connectivity index (χ1n) is 7.58. The summed E-state index contributed by atoms with van der Waals surface area (Å²) in [5.74, 6) is 0.145. The minimum Gasteiger partial charge on any atom is -0.493 e. The second-order valence-electron chi connectivity index (χ2n) is 5.47. The molecule has 0 spiro atoms. The highest BCUT2D eigenvalue weighted by Gasteiger charge is 2.17. The number of benzene rings is 1. The molecule has 0 bridgehead atoms. The Bertz CT molecular complexity index is 484. The molecule has 1 fully saturated rings. The van der Waals surface area contributed by atoms with Crippen molar-refractivity contribution in [2.45, 2.75) is 18.9 Å². The third kappa shape index (κ3) is 5.99. The lowest BCUT2D eigenvalue weighted by atomic mass is 10.2. The fourth-order valence-electron chi connectivity index (χ4n) is 2.29. The predicted molar refractivity (Wildman–Crippen MR) is 81.4 cm³/mol. The smallest absolute Gasteiger partial charge is 0.220 e. The van der Waals surface area contributed by atoms with Crippen LogP contribution in [0.4, 0.5) is 4.39 Å². The van der Waals surface area contributed by atoms with Crippen LogP contribution in [0.25, 0.3) is 0 Å². The maximum atomic E-state index is 12.9. The molecular formula is C16H23FN2O3. The van der Waals surface area contributed by atoms with Gasteiger partial charge in [0.05, 0.1) is 19.3 Å². The molecule has 122 valence electrons. The first-order valence-corrected chi connectivity index (χ1v) is 7.58. The molecule has 1 saturated heterocycles. The molecule has 5 nitrogen and oxygen atoms in total. The normalized spacial score (nSPS) is 18.9. The van der Waals surface area contributed by atoms with Gasteiger partial charge in [-0.1, -0.05) is 6.07 Å². The topological polar surface area (TPSA) is 50.8 Å². The first kappa shape index (κ1) is 16.7. The highest BCUT2D eigenvalue weighted by molar-refractivity contribution is 5.75. The number of hydrogen-bond donors (Lipinski definition) is 1. The molecule has 1 aromatic carbocycles. The Labute approximate surface area is 130 Å². The monoisotopic (exact) mass is 310 g/mol. The molecule has 1 aromatic rings. The number of rotatable bonds is 7. The Morgan fingerprint density at radius 3 is 3.18 bits per heavy atom. The highest BCUT2D eigenvalue weighted by Crippen LogP contribution is 2.12. The zero-order chi connectivity index (χ0) is 15.8. The number of amides is 1. The molecule has 1 amide bonds. The Morgan fingerprint density at radius 2 is 2.41 bits per heavy atom. The van der Waals surface area contributed by atoms with Crippen LogP contribution in [0.2, 0.25) is 0 Å². The van der Waals surface area contributed by atoms with Gasteiger partial charge in [0.25, 0.3) is 0 Å². The fourth-order valence-corrected chi connectivity index (χ4v) is 2.29. The molecule has 2 rings (SSSR count). The second kappa shape index (κ2) is 8.70. The van der Waals surface area contributed by atoms with E-state index in [9.17, 15) is 9.18 Å². The van der Waals surface area contributed by atoms with E-state index >= 15 is 0 Å². The minimum atomic E-state index is -0.326. The lowest BCUT2D eigenvalue weighted by molar-refractivity contribution is -0.122. The molecule has 1 aliphatic heterocycles. The van der Waals surface area contributed by atoms with Crippen LogP contribution < -0.4 is 10.1 Å². The van der Waals surface area contributed by atoms with Gasteiger partial charge in [0.15, 0.2) is 0 Å². The SMILES string of the molecule is CN1CCO[C@H](CNC(=O)CCCOc2cccc(F)c2)C1. The molecular weight excluding hydrogens is 287 g/mol. The van der Waals surface area contributed by atoms with E-state index in [1.165, 1.54) is 12.1 Å². The molecule has 6 heteroatoms. The van der Waals surface area contributed by atoms with Crippen molar-refractivity contribution in [2.75, 3.05) is 39.9 Å². The fraction of sp³-hybridized carbons (Fsp3) is 0.562. The number of nitrogens with one attached hydrogen (secondary N) is 1. The van der Waals surface area contributed by atoms with Crippen LogP contribution in [0.5, 0.6) is 5.75 Å². The van der Waals surface area contributed by atoms with Gasteiger partial charge in [-0.2, -0.15) is 0 Å². The van der Waals surface area contributed by atoms with Crippen molar-refractivity contribution in [3.05, 3.63) is 30.1 Å². The van der Waals surface area contributed by atoms with Gasteiger partial charge in [0.1, 0.15) is 11.6 Å². The minimum absolute atomic E-state index is 0.0142. The number of ether oxygens (including phenoxy) is 2. The number of carbonyl (C=O) groups excluding carboxylic acids is 1. The summed E-state index contributed by atoms with van der Waals surface area (Å²) >= 11 is 0. The van der Waals surface area contributed by atoms with Gasteiger partial charge in [-0.3, -0.25) is 4.79 Å². The van der Waals surface area contributed by atoms with E-state index in [4.69, 9.17) is 9.47 Å². The lowest BCUT2D eigenvalue weighted by Gasteiger charge is -2.30. The van der Waals surface area contributed by atoms with Gasteiger partial charge in [0.2, 0.25) is 5.91 Å². The van der Waals surface area contributed by atoms with Gasteiger partial charge >= 0.3 is 0 Å². The average molecular weight is 310 g/mol. The van der Waals surface area contributed by atoms with Crippen molar-refractivity contribution in [2.24, 2.45) is 0 Å². The van der Waals surface area contributed by atoms with E-state index in [2.05, 4.69) is 10.2 Å². The summed E-state index contributed by atoms with van der Waals surface area (Å²) in [5.41, 5.74) is 0. The van der Waals surface area contributed by atoms with Crippen LogP contribution in [-0.2, 0) is 9.53 Å². The molecule has 1 atom stereocenters. The summed E-state index contributed by atoms with van der Waals surface area (Å²) in [6, 6.07) is 5.99. The molecule has 0 aliphatic carbocycles. The molecule has 1 aliphatic rings. The maximum Gasteiger partial charge on any atom is 0.220 e. The van der Waals surface area contributed by atoms with Crippen molar-refractivity contribution in [3.63, 3.8) is 0 Å². The zero-order valence-corrected chi connectivity index (χ0v) is 12.9. The summed E-state index contributed by atoms with van der Waals surface area (Å²) in [6.07, 6.45) is 1.04. The molecule has 1 heterocycles. The van der Waals surface area contributed by atoms with E-state index in [0.717, 1.165) is 13.1 Å². The molecule has 0 unspecified atom stereocenters. The van der Waals surface area contributed by atoms with E-state index in [0.29, 0.717) is 38.3 Å². The molecule has 22 heavy (non-hydrogen) atoms. The maximum absolute atomic E-state index is 12.9. The van der Waals surface area contributed by atoms with E-state index in [1.807, 2.05) is 7.05 Å². The molecule has 0 radical (unpaired) electrons. The van der Waals surface area contributed by atoms with Crippen LogP contribution in [0, 0.1) is 5.82 Å². The summed E-state index contributed by atoms with van der Waals surface area (Å²) in [6.45, 7) is 3.40. The quantitative estimate of drug-likeness (QED) is 0.774. The second-order valence-corrected chi connectivity index (χ2v) is 5.47. The summed E-state index contributed by atoms with van der Waals surface area (Å²) in [5, 5.41) is 2.87. The van der Waals surface area contributed by atoms with Crippen molar-refractivity contribution >= 4 is 5.91 Å². The predicted octanol–water partition coefficient (Wildman–Crippen LogP) is 1.43. The van der Waals surface area contributed by atoms with Gasteiger partial charge in [0, 0.05) is 32.1 Å². The first-order chi connectivity index (χ1) is 10.6. The zero-order valence-electron chi connectivity index (χ0n) is 12.9. The van der Waals surface area contributed by atoms with Crippen LogP contribution in [0.1, 0.15) is 12.8 Å². The van der Waals surface area contributed by atoms with Gasteiger partial charge in [-0.05, 0) is 25.6 Å². The number of carbonyl (C=O) groups is 1. The largest absolute Gasteiger partial charge is 0.493 e. The summed E-state index contributed by atoms with van der Waals surface area (Å²) in [7, 11) is 2.04. The van der Waals surface area contributed by atoms with Crippen LogP contribution in [-0.4, -0.2) is 56.8 Å². The number of hydrogen-bond acceptors (Lipinski definition) is 4. The molecule has 0 aromatic heterocycles. The highest BCUT2D eigenvalue weighted by atomic mass is 19.1.